The Morgan fingerprint density at radius 2 is 2.32 bits per heavy atom. The van der Waals surface area contributed by atoms with E-state index in [0.29, 0.717) is 15.9 Å². The van der Waals surface area contributed by atoms with Crippen LogP contribution in [0.3, 0.4) is 0 Å². The third-order valence-electron chi connectivity index (χ3n) is 3.39. The molecule has 4 nitrogen and oxygen atoms in total. The van der Waals surface area contributed by atoms with Crippen molar-refractivity contribution in [3.8, 4) is 0 Å². The molecule has 6 heteroatoms. The molecule has 1 aliphatic heterocycles. The van der Waals surface area contributed by atoms with E-state index < -0.39 is 0 Å². The average Bonchev–Trinajstić information content (AvgIpc) is 2.76. The Labute approximate surface area is 123 Å². The summed E-state index contributed by atoms with van der Waals surface area (Å²) >= 11 is 11.8. The Bertz CT molecular complexity index is 422. The van der Waals surface area contributed by atoms with Crippen molar-refractivity contribution in [2.24, 2.45) is 0 Å². The van der Waals surface area contributed by atoms with Gasteiger partial charge in [-0.1, -0.05) is 30.1 Å². The molecular formula is C13H19Cl2N3O. The first-order valence-corrected chi connectivity index (χ1v) is 7.44. The zero-order chi connectivity index (χ0) is 13.8. The average molecular weight is 304 g/mol. The highest BCUT2D eigenvalue weighted by Gasteiger charge is 2.26. The number of hydrogen-bond acceptors (Lipinski definition) is 2. The van der Waals surface area contributed by atoms with Gasteiger partial charge in [0.2, 0.25) is 0 Å². The number of piperidine rings is 1. The number of nitrogens with zero attached hydrogens (tertiary/aromatic N) is 1. The topological polar surface area (TPSA) is 48.1 Å². The second-order valence-electron chi connectivity index (χ2n) is 4.84. The van der Waals surface area contributed by atoms with Crippen molar-refractivity contribution in [3.63, 3.8) is 0 Å². The molecular weight excluding hydrogens is 285 g/mol. The molecule has 1 fully saturated rings. The smallest absolute Gasteiger partial charge is 0.270 e. The van der Waals surface area contributed by atoms with Crippen LogP contribution in [-0.4, -0.2) is 41.5 Å². The van der Waals surface area contributed by atoms with Gasteiger partial charge in [-0.25, -0.2) is 0 Å². The fourth-order valence-corrected chi connectivity index (χ4v) is 2.78. The SMILES string of the molecule is CCCN(C(=O)c1cc(Cl)c(Cl)[nH]1)C1CCCNC1. The zero-order valence-electron chi connectivity index (χ0n) is 11.0. The highest BCUT2D eigenvalue weighted by Crippen LogP contribution is 2.24. The van der Waals surface area contributed by atoms with Crippen molar-refractivity contribution in [2.45, 2.75) is 32.2 Å². The van der Waals surface area contributed by atoms with E-state index in [4.69, 9.17) is 23.2 Å². The summed E-state index contributed by atoms with van der Waals surface area (Å²) in [7, 11) is 0. The summed E-state index contributed by atoms with van der Waals surface area (Å²) in [6.45, 7) is 4.71. The van der Waals surface area contributed by atoms with Crippen molar-refractivity contribution in [3.05, 3.63) is 21.9 Å². The van der Waals surface area contributed by atoms with Crippen molar-refractivity contribution < 1.29 is 4.79 Å². The maximum absolute atomic E-state index is 12.5. The normalized spacial score (nSPS) is 19.4. The van der Waals surface area contributed by atoms with Gasteiger partial charge >= 0.3 is 0 Å². The lowest BCUT2D eigenvalue weighted by Gasteiger charge is -2.34. The molecule has 0 bridgehead atoms. The molecule has 2 rings (SSSR count). The summed E-state index contributed by atoms with van der Waals surface area (Å²) in [6, 6.07) is 1.85. The van der Waals surface area contributed by atoms with Gasteiger partial charge < -0.3 is 15.2 Å². The minimum absolute atomic E-state index is 0.0237. The fraction of sp³-hybridized carbons (Fsp3) is 0.615. The molecule has 1 amide bonds. The number of aromatic nitrogens is 1. The fourth-order valence-electron chi connectivity index (χ4n) is 2.46. The summed E-state index contributed by atoms with van der Waals surface area (Å²) in [4.78, 5) is 17.3. The van der Waals surface area contributed by atoms with E-state index in [0.717, 1.165) is 38.9 Å². The van der Waals surface area contributed by atoms with Gasteiger partial charge in [-0.05, 0) is 31.9 Å². The highest BCUT2D eigenvalue weighted by atomic mass is 35.5. The van der Waals surface area contributed by atoms with Gasteiger partial charge in [-0.3, -0.25) is 4.79 Å². The third kappa shape index (κ3) is 3.44. The van der Waals surface area contributed by atoms with Crippen LogP contribution in [0.15, 0.2) is 6.07 Å². The van der Waals surface area contributed by atoms with Crippen LogP contribution >= 0.6 is 23.2 Å². The Balaban J connectivity index is 2.15. The molecule has 2 N–H and O–H groups in total. The number of hydrogen-bond donors (Lipinski definition) is 2. The Morgan fingerprint density at radius 1 is 1.53 bits per heavy atom. The lowest BCUT2D eigenvalue weighted by atomic mass is 10.1. The molecule has 19 heavy (non-hydrogen) atoms. The van der Waals surface area contributed by atoms with E-state index in [1.165, 1.54) is 0 Å². The number of halogens is 2. The van der Waals surface area contributed by atoms with E-state index in [1.807, 2.05) is 4.90 Å². The lowest BCUT2D eigenvalue weighted by molar-refractivity contribution is 0.0643. The van der Waals surface area contributed by atoms with Crippen molar-refractivity contribution in [1.82, 2.24) is 15.2 Å². The number of amides is 1. The molecule has 1 atom stereocenters. The molecule has 1 aromatic rings. The van der Waals surface area contributed by atoms with Crippen LogP contribution in [0.1, 0.15) is 36.7 Å². The molecule has 1 aliphatic rings. The predicted octanol–water partition coefficient (Wildman–Crippen LogP) is 2.93. The van der Waals surface area contributed by atoms with E-state index in [2.05, 4.69) is 17.2 Å². The Kier molecular flexibility index (Phi) is 5.13. The first-order valence-electron chi connectivity index (χ1n) is 6.69. The van der Waals surface area contributed by atoms with Crippen LogP contribution in [0.2, 0.25) is 10.2 Å². The first kappa shape index (κ1) is 14.7. The maximum Gasteiger partial charge on any atom is 0.270 e. The number of carbonyl (C=O) groups excluding carboxylic acids is 1. The van der Waals surface area contributed by atoms with Gasteiger partial charge in [0.15, 0.2) is 0 Å². The maximum atomic E-state index is 12.5. The minimum Gasteiger partial charge on any atom is -0.340 e. The molecule has 0 saturated carbocycles. The Hall–Kier alpha value is -0.710. The van der Waals surface area contributed by atoms with Gasteiger partial charge in [-0.15, -0.1) is 0 Å². The van der Waals surface area contributed by atoms with E-state index in [-0.39, 0.29) is 11.9 Å². The van der Waals surface area contributed by atoms with Crippen LogP contribution in [0.4, 0.5) is 0 Å². The van der Waals surface area contributed by atoms with Crippen LogP contribution < -0.4 is 5.32 Å². The van der Waals surface area contributed by atoms with Crippen molar-refractivity contribution >= 4 is 29.1 Å². The molecule has 1 aromatic heterocycles. The highest BCUT2D eigenvalue weighted by molar-refractivity contribution is 6.41. The third-order valence-corrected chi connectivity index (χ3v) is 4.09. The van der Waals surface area contributed by atoms with E-state index in [1.54, 1.807) is 6.07 Å². The van der Waals surface area contributed by atoms with Crippen LogP contribution in [0.5, 0.6) is 0 Å². The number of rotatable bonds is 4. The van der Waals surface area contributed by atoms with Crippen molar-refractivity contribution in [2.75, 3.05) is 19.6 Å². The van der Waals surface area contributed by atoms with Crippen LogP contribution in [0, 0.1) is 0 Å². The van der Waals surface area contributed by atoms with Gasteiger partial charge in [-0.2, -0.15) is 0 Å². The number of carbonyl (C=O) groups is 1. The quantitative estimate of drug-likeness (QED) is 0.898. The summed E-state index contributed by atoms with van der Waals surface area (Å²) in [5, 5.41) is 4.05. The summed E-state index contributed by atoms with van der Waals surface area (Å²) in [6.07, 6.45) is 3.08. The Morgan fingerprint density at radius 3 is 2.84 bits per heavy atom. The molecule has 0 aromatic carbocycles. The molecule has 1 saturated heterocycles. The summed E-state index contributed by atoms with van der Waals surface area (Å²) in [5.41, 5.74) is 0.467. The van der Waals surface area contributed by atoms with Crippen molar-refractivity contribution in [1.29, 1.82) is 0 Å². The molecule has 0 spiro atoms. The first-order chi connectivity index (χ1) is 9.13. The van der Waals surface area contributed by atoms with E-state index in [9.17, 15) is 4.79 Å². The molecule has 2 heterocycles. The standard InChI is InChI=1S/C13H19Cl2N3O/c1-2-6-18(9-4-3-5-16-8-9)13(19)11-7-10(14)12(15)17-11/h7,9,16-17H,2-6,8H2,1H3. The largest absolute Gasteiger partial charge is 0.340 e. The van der Waals surface area contributed by atoms with Crippen LogP contribution in [0.25, 0.3) is 0 Å². The molecule has 106 valence electrons. The number of aromatic amines is 1. The van der Waals surface area contributed by atoms with Crippen LogP contribution in [-0.2, 0) is 0 Å². The monoisotopic (exact) mass is 303 g/mol. The lowest BCUT2D eigenvalue weighted by Crippen LogP contribution is -2.49. The molecule has 0 radical (unpaired) electrons. The zero-order valence-corrected chi connectivity index (χ0v) is 12.5. The number of nitrogens with one attached hydrogen (secondary N) is 2. The van der Waals surface area contributed by atoms with Gasteiger partial charge in [0.25, 0.3) is 5.91 Å². The van der Waals surface area contributed by atoms with Gasteiger partial charge in [0, 0.05) is 19.1 Å². The van der Waals surface area contributed by atoms with Gasteiger partial charge in [0.1, 0.15) is 10.8 Å². The minimum atomic E-state index is -0.0237. The second-order valence-corrected chi connectivity index (χ2v) is 5.63. The predicted molar refractivity (Wildman–Crippen MR) is 78.0 cm³/mol. The molecule has 0 aliphatic carbocycles. The summed E-state index contributed by atoms with van der Waals surface area (Å²) in [5.74, 6) is -0.0237. The summed E-state index contributed by atoms with van der Waals surface area (Å²) < 4.78 is 0. The van der Waals surface area contributed by atoms with E-state index >= 15 is 0 Å². The second kappa shape index (κ2) is 6.64. The van der Waals surface area contributed by atoms with Gasteiger partial charge in [0.05, 0.1) is 5.02 Å². The number of H-pyrrole nitrogens is 1. The molecule has 1 unspecified atom stereocenters.